The molecule has 0 saturated heterocycles. The zero-order valence-electron chi connectivity index (χ0n) is 17.9. The van der Waals surface area contributed by atoms with Gasteiger partial charge in [-0.1, -0.05) is 18.2 Å². The first-order valence-corrected chi connectivity index (χ1v) is 10.3. The van der Waals surface area contributed by atoms with E-state index < -0.39 is 11.8 Å². The number of nitrogens with zero attached hydrogens (tertiary/aromatic N) is 1. The third kappa shape index (κ3) is 5.32. The summed E-state index contributed by atoms with van der Waals surface area (Å²) < 4.78 is 16.0. The van der Waals surface area contributed by atoms with Crippen LogP contribution in [0.5, 0.6) is 23.0 Å². The highest BCUT2D eigenvalue weighted by molar-refractivity contribution is 5.93. The van der Waals surface area contributed by atoms with Gasteiger partial charge in [-0.15, -0.1) is 0 Å². The maximum atomic E-state index is 12.8. The SMILES string of the molecule is COc1ccc(C(CC(=O)NCC(=O)Nc2ccccn2)c2cc3c(cc2O)OCO3)cc1. The molecule has 4 rings (SSSR count). The van der Waals surface area contributed by atoms with Crippen molar-refractivity contribution in [1.82, 2.24) is 10.3 Å². The van der Waals surface area contributed by atoms with Gasteiger partial charge in [0.1, 0.15) is 17.3 Å². The van der Waals surface area contributed by atoms with Crippen LogP contribution in [-0.4, -0.2) is 42.4 Å². The van der Waals surface area contributed by atoms with Crippen LogP contribution in [0.25, 0.3) is 0 Å². The van der Waals surface area contributed by atoms with E-state index in [0.29, 0.717) is 28.6 Å². The van der Waals surface area contributed by atoms with Crippen molar-refractivity contribution in [3.63, 3.8) is 0 Å². The molecule has 1 aliphatic heterocycles. The molecule has 0 fully saturated rings. The molecule has 1 aliphatic rings. The lowest BCUT2D eigenvalue weighted by Gasteiger charge is -2.20. The van der Waals surface area contributed by atoms with Crippen molar-refractivity contribution in [2.24, 2.45) is 0 Å². The van der Waals surface area contributed by atoms with Gasteiger partial charge in [0, 0.05) is 30.2 Å². The van der Waals surface area contributed by atoms with Crippen molar-refractivity contribution in [2.75, 3.05) is 25.8 Å². The summed E-state index contributed by atoms with van der Waals surface area (Å²) >= 11 is 0. The molecule has 1 aromatic heterocycles. The molecular weight excluding hydrogens is 426 g/mol. The van der Waals surface area contributed by atoms with Crippen LogP contribution in [-0.2, 0) is 9.59 Å². The van der Waals surface area contributed by atoms with Gasteiger partial charge < -0.3 is 30.0 Å². The highest BCUT2D eigenvalue weighted by Crippen LogP contribution is 2.43. The van der Waals surface area contributed by atoms with E-state index >= 15 is 0 Å². The normalized spacial score (nSPS) is 12.6. The average Bonchev–Trinajstić information content (AvgIpc) is 3.29. The number of methoxy groups -OCH3 is 1. The summed E-state index contributed by atoms with van der Waals surface area (Å²) in [5.41, 5.74) is 1.30. The second-order valence-corrected chi connectivity index (χ2v) is 7.33. The molecule has 2 heterocycles. The number of rotatable bonds is 8. The maximum Gasteiger partial charge on any atom is 0.244 e. The number of ether oxygens (including phenoxy) is 3. The van der Waals surface area contributed by atoms with Crippen LogP contribution in [0.4, 0.5) is 5.82 Å². The van der Waals surface area contributed by atoms with Crippen LogP contribution in [0.15, 0.2) is 60.8 Å². The Balaban J connectivity index is 1.50. The Labute approximate surface area is 190 Å². The minimum absolute atomic E-state index is 0.00357. The van der Waals surface area contributed by atoms with Crippen molar-refractivity contribution in [3.05, 3.63) is 71.9 Å². The first kappa shape index (κ1) is 21.9. The van der Waals surface area contributed by atoms with E-state index in [4.69, 9.17) is 14.2 Å². The lowest BCUT2D eigenvalue weighted by atomic mass is 9.87. The number of carbonyl (C=O) groups is 2. The van der Waals surface area contributed by atoms with Gasteiger partial charge in [0.25, 0.3) is 0 Å². The predicted octanol–water partition coefficient (Wildman–Crippen LogP) is 2.80. The number of nitrogens with one attached hydrogen (secondary N) is 2. The molecule has 0 bridgehead atoms. The number of fused-ring (bicyclic) bond motifs is 1. The fourth-order valence-corrected chi connectivity index (χ4v) is 3.53. The average molecular weight is 449 g/mol. The summed E-state index contributed by atoms with van der Waals surface area (Å²) in [6, 6.07) is 15.5. The molecule has 3 aromatic rings. The second-order valence-electron chi connectivity index (χ2n) is 7.33. The van der Waals surface area contributed by atoms with Crippen LogP contribution in [0.3, 0.4) is 0 Å². The Morgan fingerprint density at radius 1 is 1.09 bits per heavy atom. The number of anilines is 1. The predicted molar refractivity (Wildman–Crippen MR) is 120 cm³/mol. The Kier molecular flexibility index (Phi) is 6.58. The van der Waals surface area contributed by atoms with Crippen LogP contribution in [0.1, 0.15) is 23.5 Å². The topological polar surface area (TPSA) is 119 Å². The number of aromatic nitrogens is 1. The molecule has 0 radical (unpaired) electrons. The first-order chi connectivity index (χ1) is 16.0. The molecule has 9 nitrogen and oxygen atoms in total. The van der Waals surface area contributed by atoms with Crippen molar-refractivity contribution in [1.29, 1.82) is 0 Å². The minimum atomic E-state index is -0.496. The number of carbonyl (C=O) groups excluding carboxylic acids is 2. The van der Waals surface area contributed by atoms with Gasteiger partial charge in [-0.25, -0.2) is 4.98 Å². The number of hydrogen-bond acceptors (Lipinski definition) is 7. The van der Waals surface area contributed by atoms with E-state index in [1.54, 1.807) is 49.7 Å². The highest BCUT2D eigenvalue weighted by atomic mass is 16.7. The molecule has 2 aromatic carbocycles. The molecule has 0 saturated carbocycles. The number of aromatic hydroxyl groups is 1. The Morgan fingerprint density at radius 3 is 2.55 bits per heavy atom. The summed E-state index contributed by atoms with van der Waals surface area (Å²) in [6.45, 7) is -0.144. The van der Waals surface area contributed by atoms with E-state index in [9.17, 15) is 14.7 Å². The number of hydrogen-bond donors (Lipinski definition) is 3. The molecule has 1 atom stereocenters. The number of benzene rings is 2. The molecule has 0 aliphatic carbocycles. The van der Waals surface area contributed by atoms with E-state index in [1.807, 2.05) is 12.1 Å². The maximum absolute atomic E-state index is 12.8. The molecule has 3 N–H and O–H groups in total. The van der Waals surface area contributed by atoms with Gasteiger partial charge in [0.15, 0.2) is 11.5 Å². The molecular formula is C24H23N3O6. The molecule has 9 heteroatoms. The first-order valence-electron chi connectivity index (χ1n) is 10.3. The van der Waals surface area contributed by atoms with Gasteiger partial charge in [-0.3, -0.25) is 9.59 Å². The van der Waals surface area contributed by atoms with Gasteiger partial charge in [-0.2, -0.15) is 0 Å². The van der Waals surface area contributed by atoms with Crippen molar-refractivity contribution >= 4 is 17.6 Å². The Hall–Kier alpha value is -4.27. The van der Waals surface area contributed by atoms with Crippen LogP contribution >= 0.6 is 0 Å². The molecule has 1 unspecified atom stereocenters. The number of phenolic OH excluding ortho intramolecular Hbond substituents is 1. The summed E-state index contributed by atoms with van der Waals surface area (Å²) in [5, 5.41) is 15.9. The zero-order chi connectivity index (χ0) is 23.2. The van der Waals surface area contributed by atoms with Crippen molar-refractivity contribution in [3.8, 4) is 23.0 Å². The summed E-state index contributed by atoms with van der Waals surface area (Å²) in [4.78, 5) is 28.9. The summed E-state index contributed by atoms with van der Waals surface area (Å²) in [6.07, 6.45) is 1.56. The quantitative estimate of drug-likeness (QED) is 0.484. The fourth-order valence-electron chi connectivity index (χ4n) is 3.53. The zero-order valence-corrected chi connectivity index (χ0v) is 17.9. The molecule has 170 valence electrons. The largest absolute Gasteiger partial charge is 0.508 e. The van der Waals surface area contributed by atoms with Crippen LogP contribution in [0, 0.1) is 0 Å². The van der Waals surface area contributed by atoms with E-state index in [2.05, 4.69) is 15.6 Å². The highest BCUT2D eigenvalue weighted by Gasteiger charge is 2.26. The third-order valence-corrected chi connectivity index (χ3v) is 5.18. The van der Waals surface area contributed by atoms with E-state index in [1.165, 1.54) is 6.07 Å². The van der Waals surface area contributed by atoms with Gasteiger partial charge >= 0.3 is 0 Å². The molecule has 2 amide bonds. The lowest BCUT2D eigenvalue weighted by molar-refractivity contribution is -0.124. The number of pyridine rings is 1. The van der Waals surface area contributed by atoms with Crippen LogP contribution < -0.4 is 24.8 Å². The van der Waals surface area contributed by atoms with Crippen molar-refractivity contribution < 1.29 is 28.9 Å². The Bertz CT molecular complexity index is 1130. The number of amides is 2. The molecule has 0 spiro atoms. The van der Waals surface area contributed by atoms with E-state index in [0.717, 1.165) is 5.56 Å². The van der Waals surface area contributed by atoms with Gasteiger partial charge in [-0.05, 0) is 35.9 Å². The second kappa shape index (κ2) is 9.90. The van der Waals surface area contributed by atoms with Crippen LogP contribution in [0.2, 0.25) is 0 Å². The number of phenols is 1. The van der Waals surface area contributed by atoms with E-state index in [-0.39, 0.29) is 31.4 Å². The summed E-state index contributed by atoms with van der Waals surface area (Å²) in [7, 11) is 1.57. The van der Waals surface area contributed by atoms with Crippen molar-refractivity contribution in [2.45, 2.75) is 12.3 Å². The van der Waals surface area contributed by atoms with Gasteiger partial charge in [0.05, 0.1) is 13.7 Å². The fraction of sp³-hybridized carbons (Fsp3) is 0.208. The lowest BCUT2D eigenvalue weighted by Crippen LogP contribution is -2.33. The molecule has 33 heavy (non-hydrogen) atoms. The smallest absolute Gasteiger partial charge is 0.244 e. The van der Waals surface area contributed by atoms with Gasteiger partial charge in [0.2, 0.25) is 18.6 Å². The standard InChI is InChI=1S/C24H23N3O6/c1-31-16-7-5-15(6-8-16)17(18-10-20-21(12-19(18)28)33-14-32-20)11-23(29)26-13-24(30)27-22-4-2-3-9-25-22/h2-10,12,17,28H,11,13-14H2,1H3,(H,26,29)(H,25,27,30). The summed E-state index contributed by atoms with van der Waals surface area (Å²) in [5.74, 6) is 0.751. The Morgan fingerprint density at radius 2 is 1.85 bits per heavy atom. The minimum Gasteiger partial charge on any atom is -0.508 e. The third-order valence-electron chi connectivity index (χ3n) is 5.18. The monoisotopic (exact) mass is 449 g/mol.